The zero-order chi connectivity index (χ0) is 13.2. The Bertz CT molecular complexity index is 283. The van der Waals surface area contributed by atoms with Crippen LogP contribution in [0.1, 0.15) is 64.2 Å². The highest BCUT2D eigenvalue weighted by Crippen LogP contribution is 2.50. The number of nitrogens with zero attached hydrogens (tertiary/aromatic N) is 1. The minimum atomic E-state index is 0.801. The maximum Gasteiger partial charge on any atom is 0.0273 e. The van der Waals surface area contributed by atoms with Crippen molar-refractivity contribution in [2.24, 2.45) is 23.7 Å². The van der Waals surface area contributed by atoms with E-state index in [2.05, 4.69) is 24.5 Å². The quantitative estimate of drug-likeness (QED) is 0.779. The fraction of sp³-hybridized carbons (Fsp3) is 1.00. The molecule has 4 atom stereocenters. The smallest absolute Gasteiger partial charge is 0.0273 e. The summed E-state index contributed by atoms with van der Waals surface area (Å²) in [5.74, 6) is 4.14. The Morgan fingerprint density at radius 1 is 0.789 bits per heavy atom. The first-order valence-electron chi connectivity index (χ1n) is 8.71. The van der Waals surface area contributed by atoms with Gasteiger partial charge in [-0.05, 0) is 43.6 Å². The molecule has 0 aromatic rings. The monoisotopic (exact) mass is 264 g/mol. The van der Waals surface area contributed by atoms with Crippen molar-refractivity contribution in [1.29, 1.82) is 0 Å². The average Bonchev–Trinajstić information content (AvgIpc) is 2.99. The first-order valence-corrected chi connectivity index (χ1v) is 8.71. The molecule has 0 bridgehead atoms. The Kier molecular flexibility index (Phi) is 4.48. The number of hydrazine groups is 1. The number of fused-ring (bicyclic) bond motifs is 1. The minimum absolute atomic E-state index is 0.801. The van der Waals surface area contributed by atoms with Crippen molar-refractivity contribution in [3.8, 4) is 0 Å². The SMILES string of the molecule is CNN(C)C1CCCC2CCCC(C3CCCC3)C21. The van der Waals surface area contributed by atoms with Gasteiger partial charge in [0.05, 0.1) is 0 Å². The molecule has 3 rings (SSSR count). The second kappa shape index (κ2) is 6.13. The summed E-state index contributed by atoms with van der Waals surface area (Å²) in [7, 11) is 4.37. The van der Waals surface area contributed by atoms with Gasteiger partial charge in [0.2, 0.25) is 0 Å². The summed E-state index contributed by atoms with van der Waals surface area (Å²) in [6.07, 6.45) is 15.0. The molecular weight excluding hydrogens is 232 g/mol. The van der Waals surface area contributed by atoms with Gasteiger partial charge < -0.3 is 0 Å². The van der Waals surface area contributed by atoms with Gasteiger partial charge in [-0.15, -0.1) is 0 Å². The first-order chi connectivity index (χ1) is 9.31. The van der Waals surface area contributed by atoms with E-state index in [4.69, 9.17) is 0 Å². The number of hydrogen-bond acceptors (Lipinski definition) is 2. The molecule has 2 nitrogen and oxygen atoms in total. The molecule has 3 fully saturated rings. The van der Waals surface area contributed by atoms with Crippen molar-refractivity contribution in [2.75, 3.05) is 14.1 Å². The first kappa shape index (κ1) is 13.9. The standard InChI is InChI=1S/C17H32N2/c1-18-19(2)16-12-6-10-14-9-5-11-15(17(14)16)13-7-3-4-8-13/h13-18H,3-12H2,1-2H3. The molecule has 3 aliphatic rings. The van der Waals surface area contributed by atoms with Crippen molar-refractivity contribution >= 4 is 0 Å². The van der Waals surface area contributed by atoms with Gasteiger partial charge in [0.25, 0.3) is 0 Å². The van der Waals surface area contributed by atoms with Crippen molar-refractivity contribution < 1.29 is 0 Å². The van der Waals surface area contributed by atoms with Gasteiger partial charge in [0, 0.05) is 13.1 Å². The molecule has 0 saturated heterocycles. The van der Waals surface area contributed by atoms with Gasteiger partial charge in [-0.1, -0.05) is 51.4 Å². The largest absolute Gasteiger partial charge is 0.258 e. The van der Waals surface area contributed by atoms with Gasteiger partial charge in [-0.25, -0.2) is 5.01 Å². The van der Waals surface area contributed by atoms with E-state index in [-0.39, 0.29) is 0 Å². The Morgan fingerprint density at radius 2 is 1.42 bits per heavy atom. The third-order valence-electron chi connectivity index (χ3n) is 6.53. The lowest BCUT2D eigenvalue weighted by Gasteiger charge is -2.50. The van der Waals surface area contributed by atoms with Crippen molar-refractivity contribution in [3.05, 3.63) is 0 Å². The molecule has 0 heterocycles. The van der Waals surface area contributed by atoms with Crippen LogP contribution >= 0.6 is 0 Å². The van der Waals surface area contributed by atoms with Crippen LogP contribution in [0.4, 0.5) is 0 Å². The van der Waals surface area contributed by atoms with Crippen LogP contribution in [0, 0.1) is 23.7 Å². The van der Waals surface area contributed by atoms with E-state index in [9.17, 15) is 0 Å². The van der Waals surface area contributed by atoms with Crippen LogP contribution in [0.2, 0.25) is 0 Å². The number of rotatable bonds is 3. The Labute approximate surface area is 119 Å². The maximum absolute atomic E-state index is 3.41. The average molecular weight is 264 g/mol. The van der Waals surface area contributed by atoms with E-state index in [0.717, 1.165) is 29.7 Å². The summed E-state index contributed by atoms with van der Waals surface area (Å²) in [5.41, 5.74) is 3.41. The van der Waals surface area contributed by atoms with Crippen molar-refractivity contribution in [2.45, 2.75) is 70.3 Å². The number of hydrogen-bond donors (Lipinski definition) is 1. The Balaban J connectivity index is 1.78. The summed E-state index contributed by atoms with van der Waals surface area (Å²) in [4.78, 5) is 0. The van der Waals surface area contributed by atoms with Crippen molar-refractivity contribution in [1.82, 2.24) is 10.4 Å². The van der Waals surface area contributed by atoms with E-state index in [1.54, 1.807) is 0 Å². The zero-order valence-electron chi connectivity index (χ0n) is 12.9. The van der Waals surface area contributed by atoms with Gasteiger partial charge >= 0.3 is 0 Å². The van der Waals surface area contributed by atoms with Crippen LogP contribution in [-0.4, -0.2) is 25.1 Å². The van der Waals surface area contributed by atoms with E-state index < -0.39 is 0 Å². The fourth-order valence-electron chi connectivity index (χ4n) is 5.62. The topological polar surface area (TPSA) is 15.3 Å². The van der Waals surface area contributed by atoms with Crippen LogP contribution in [-0.2, 0) is 0 Å². The van der Waals surface area contributed by atoms with Gasteiger partial charge in [-0.3, -0.25) is 5.43 Å². The van der Waals surface area contributed by atoms with Crippen LogP contribution < -0.4 is 5.43 Å². The molecule has 0 spiro atoms. The van der Waals surface area contributed by atoms with E-state index in [1.807, 2.05) is 0 Å². The molecule has 0 aliphatic heterocycles. The summed E-state index contributed by atoms with van der Waals surface area (Å²) in [6, 6.07) is 0.801. The van der Waals surface area contributed by atoms with Gasteiger partial charge in [-0.2, -0.15) is 0 Å². The molecule has 2 heteroatoms. The molecule has 0 amide bonds. The van der Waals surface area contributed by atoms with Gasteiger partial charge in [0.1, 0.15) is 0 Å². The second-order valence-electron chi connectivity index (χ2n) is 7.31. The highest BCUT2D eigenvalue weighted by molar-refractivity contribution is 4.96. The lowest BCUT2D eigenvalue weighted by Crippen LogP contribution is -2.53. The summed E-state index contributed by atoms with van der Waals surface area (Å²) < 4.78 is 0. The molecule has 3 aliphatic carbocycles. The van der Waals surface area contributed by atoms with Crippen molar-refractivity contribution in [3.63, 3.8) is 0 Å². The molecule has 19 heavy (non-hydrogen) atoms. The molecule has 0 radical (unpaired) electrons. The normalized spacial score (nSPS) is 40.6. The summed E-state index contributed by atoms with van der Waals surface area (Å²) in [6.45, 7) is 0. The second-order valence-corrected chi connectivity index (χ2v) is 7.31. The lowest BCUT2D eigenvalue weighted by molar-refractivity contribution is -0.0216. The molecule has 4 unspecified atom stereocenters. The van der Waals surface area contributed by atoms with Gasteiger partial charge in [0.15, 0.2) is 0 Å². The van der Waals surface area contributed by atoms with E-state index >= 15 is 0 Å². The predicted octanol–water partition coefficient (Wildman–Crippen LogP) is 3.83. The Hall–Kier alpha value is -0.0800. The Morgan fingerprint density at radius 3 is 2.11 bits per heavy atom. The third kappa shape index (κ3) is 2.71. The third-order valence-corrected chi connectivity index (χ3v) is 6.53. The molecule has 110 valence electrons. The van der Waals surface area contributed by atoms with Crippen LogP contribution in [0.5, 0.6) is 0 Å². The zero-order valence-corrected chi connectivity index (χ0v) is 12.9. The molecule has 1 N–H and O–H groups in total. The molecular formula is C17H32N2. The summed E-state index contributed by atoms with van der Waals surface area (Å²) in [5, 5.41) is 2.43. The molecule has 0 aromatic heterocycles. The van der Waals surface area contributed by atoms with Crippen LogP contribution in [0.25, 0.3) is 0 Å². The van der Waals surface area contributed by atoms with Crippen LogP contribution in [0.3, 0.4) is 0 Å². The predicted molar refractivity (Wildman–Crippen MR) is 80.7 cm³/mol. The lowest BCUT2D eigenvalue weighted by atomic mass is 9.60. The maximum atomic E-state index is 3.41. The number of nitrogens with one attached hydrogen (secondary N) is 1. The summed E-state index contributed by atoms with van der Waals surface area (Å²) >= 11 is 0. The highest BCUT2D eigenvalue weighted by atomic mass is 15.5. The highest BCUT2D eigenvalue weighted by Gasteiger charge is 2.45. The van der Waals surface area contributed by atoms with E-state index in [0.29, 0.717) is 0 Å². The molecule has 3 saturated carbocycles. The minimum Gasteiger partial charge on any atom is -0.258 e. The van der Waals surface area contributed by atoms with Crippen LogP contribution in [0.15, 0.2) is 0 Å². The van der Waals surface area contributed by atoms with E-state index in [1.165, 1.54) is 64.2 Å². The fourth-order valence-corrected chi connectivity index (χ4v) is 5.62. The molecule has 0 aromatic carbocycles.